The fourth-order valence-corrected chi connectivity index (χ4v) is 1.85. The summed E-state index contributed by atoms with van der Waals surface area (Å²) in [6, 6.07) is 2.42. The molecule has 8 heteroatoms. The van der Waals surface area contributed by atoms with E-state index in [1.54, 1.807) is 0 Å². The molecule has 0 bridgehead atoms. The molecule has 0 radical (unpaired) electrons. The van der Waals surface area contributed by atoms with Gasteiger partial charge in [-0.15, -0.1) is 0 Å². The van der Waals surface area contributed by atoms with Gasteiger partial charge in [0, 0.05) is 24.1 Å². The van der Waals surface area contributed by atoms with Gasteiger partial charge in [-0.05, 0) is 12.1 Å². The number of hydrogen-bond donors (Lipinski definition) is 5. The number of nitrogens with two attached hydrogens (primary N) is 1. The average Bonchev–Trinajstić information content (AvgIpc) is 2.36. The lowest BCUT2D eigenvalue weighted by atomic mass is 9.99. The number of rotatable bonds is 5. The number of aliphatic hydroxyl groups is 2. The third-order valence-electron chi connectivity index (χ3n) is 2.65. The maximum atomic E-state index is 11.0. The first-order valence-electron chi connectivity index (χ1n) is 5.66. The molecular weight excluding hydrogens is 288 g/mol. The first kappa shape index (κ1) is 16.2. The fraction of sp³-hybridized carbons (Fsp3) is 0.333. The largest absolute Gasteiger partial charge is 0.478 e. The highest BCUT2D eigenvalue weighted by molar-refractivity contribution is 6.31. The molecule has 1 rings (SSSR count). The first-order valence-corrected chi connectivity index (χ1v) is 6.04. The summed E-state index contributed by atoms with van der Waals surface area (Å²) >= 11 is 5.76. The van der Waals surface area contributed by atoms with Crippen molar-refractivity contribution in [3.8, 4) is 0 Å². The number of aliphatic hydroxyl groups excluding tert-OH is 2. The van der Waals surface area contributed by atoms with E-state index in [0.29, 0.717) is 0 Å². The van der Waals surface area contributed by atoms with Gasteiger partial charge in [0.2, 0.25) is 5.91 Å². The van der Waals surface area contributed by atoms with E-state index in [2.05, 4.69) is 5.32 Å². The van der Waals surface area contributed by atoms with Crippen LogP contribution in [0.3, 0.4) is 0 Å². The smallest absolute Gasteiger partial charge is 0.337 e. The molecule has 7 nitrogen and oxygen atoms in total. The van der Waals surface area contributed by atoms with Crippen molar-refractivity contribution in [3.63, 3.8) is 0 Å². The maximum Gasteiger partial charge on any atom is 0.337 e. The molecule has 1 aromatic carbocycles. The number of amides is 1. The van der Waals surface area contributed by atoms with Crippen LogP contribution in [0, 0.1) is 0 Å². The van der Waals surface area contributed by atoms with Crippen LogP contribution in [0.5, 0.6) is 0 Å². The third-order valence-corrected chi connectivity index (χ3v) is 2.87. The Balaban J connectivity index is 3.06. The normalized spacial score (nSPS) is 13.6. The van der Waals surface area contributed by atoms with E-state index < -0.39 is 18.2 Å². The molecule has 0 saturated carbocycles. The number of nitrogen functional groups attached to an aromatic ring is 1. The molecule has 2 unspecified atom stereocenters. The Morgan fingerprint density at radius 1 is 1.40 bits per heavy atom. The zero-order chi connectivity index (χ0) is 15.4. The van der Waals surface area contributed by atoms with Gasteiger partial charge in [-0.1, -0.05) is 11.6 Å². The Kier molecular flexibility index (Phi) is 5.32. The Bertz CT molecular complexity index is 535. The number of anilines is 1. The standard InChI is InChI=1S/C12H15ClN2O5/c1-5(16)15-4-9(17)11(18)7-2-6(13)3-8(10(7)14)12(19)20/h2-3,9,11,17-18H,4,14H2,1H3,(H,15,16)(H,19,20). The van der Waals surface area contributed by atoms with Gasteiger partial charge in [0.15, 0.2) is 0 Å². The van der Waals surface area contributed by atoms with Crippen molar-refractivity contribution < 1.29 is 24.9 Å². The highest BCUT2D eigenvalue weighted by atomic mass is 35.5. The van der Waals surface area contributed by atoms with Gasteiger partial charge in [-0.3, -0.25) is 4.79 Å². The van der Waals surface area contributed by atoms with Crippen molar-refractivity contribution in [1.82, 2.24) is 5.32 Å². The number of benzene rings is 1. The summed E-state index contributed by atoms with van der Waals surface area (Å²) in [6.07, 6.45) is -2.82. The molecule has 2 atom stereocenters. The molecule has 0 aliphatic heterocycles. The van der Waals surface area contributed by atoms with Crippen LogP contribution in [-0.4, -0.2) is 39.8 Å². The van der Waals surface area contributed by atoms with Crippen molar-refractivity contribution in [2.24, 2.45) is 0 Å². The SMILES string of the molecule is CC(=O)NCC(O)C(O)c1cc(Cl)cc(C(=O)O)c1N. The van der Waals surface area contributed by atoms with Crippen molar-refractivity contribution >= 4 is 29.2 Å². The summed E-state index contributed by atoms with van der Waals surface area (Å²) < 4.78 is 0. The lowest BCUT2D eigenvalue weighted by Crippen LogP contribution is -2.34. The van der Waals surface area contributed by atoms with Gasteiger partial charge >= 0.3 is 5.97 Å². The minimum atomic E-state index is -1.47. The summed E-state index contributed by atoms with van der Waals surface area (Å²) in [6.45, 7) is 1.06. The van der Waals surface area contributed by atoms with Crippen LogP contribution in [-0.2, 0) is 4.79 Å². The van der Waals surface area contributed by atoms with Crippen LogP contribution in [0.2, 0.25) is 5.02 Å². The Labute approximate surface area is 120 Å². The van der Waals surface area contributed by atoms with Gasteiger partial charge in [0.05, 0.1) is 11.3 Å². The second-order valence-electron chi connectivity index (χ2n) is 4.21. The second kappa shape index (κ2) is 6.56. The number of carboxylic acids is 1. The Morgan fingerprint density at radius 3 is 2.50 bits per heavy atom. The molecule has 0 heterocycles. The predicted octanol–water partition coefficient (Wildman–Crippen LogP) is 0.151. The van der Waals surface area contributed by atoms with E-state index in [9.17, 15) is 19.8 Å². The maximum absolute atomic E-state index is 11.0. The van der Waals surface area contributed by atoms with E-state index in [1.807, 2.05) is 0 Å². The lowest BCUT2D eigenvalue weighted by Gasteiger charge is -2.21. The lowest BCUT2D eigenvalue weighted by molar-refractivity contribution is -0.119. The second-order valence-corrected chi connectivity index (χ2v) is 4.65. The zero-order valence-corrected chi connectivity index (χ0v) is 11.4. The van der Waals surface area contributed by atoms with E-state index in [4.69, 9.17) is 22.4 Å². The number of carbonyl (C=O) groups excluding carboxylic acids is 1. The highest BCUT2D eigenvalue weighted by Gasteiger charge is 2.24. The molecule has 20 heavy (non-hydrogen) atoms. The van der Waals surface area contributed by atoms with Crippen LogP contribution in [0.25, 0.3) is 0 Å². The third kappa shape index (κ3) is 3.83. The number of carboxylic acid groups (broad SMARTS) is 1. The summed E-state index contributed by atoms with van der Waals surface area (Å²) in [5.74, 6) is -1.67. The minimum Gasteiger partial charge on any atom is -0.478 e. The van der Waals surface area contributed by atoms with Crippen molar-refractivity contribution in [2.45, 2.75) is 19.1 Å². The summed E-state index contributed by atoms with van der Waals surface area (Å²) in [4.78, 5) is 21.7. The monoisotopic (exact) mass is 302 g/mol. The van der Waals surface area contributed by atoms with Crippen molar-refractivity contribution in [1.29, 1.82) is 0 Å². The van der Waals surface area contributed by atoms with Gasteiger partial charge in [-0.25, -0.2) is 4.79 Å². The number of aromatic carboxylic acids is 1. The molecule has 110 valence electrons. The van der Waals surface area contributed by atoms with Gasteiger partial charge < -0.3 is 26.4 Å². The first-order chi connectivity index (χ1) is 9.23. The molecule has 0 spiro atoms. The molecular formula is C12H15ClN2O5. The molecule has 0 aliphatic rings. The molecule has 6 N–H and O–H groups in total. The van der Waals surface area contributed by atoms with Gasteiger partial charge in [0.25, 0.3) is 0 Å². The predicted molar refractivity (Wildman–Crippen MR) is 72.5 cm³/mol. The number of hydrogen-bond acceptors (Lipinski definition) is 5. The molecule has 1 aromatic rings. The van der Waals surface area contributed by atoms with Crippen LogP contribution >= 0.6 is 11.6 Å². The molecule has 0 saturated heterocycles. The topological polar surface area (TPSA) is 133 Å². The van der Waals surface area contributed by atoms with Crippen molar-refractivity contribution in [2.75, 3.05) is 12.3 Å². The highest BCUT2D eigenvalue weighted by Crippen LogP contribution is 2.30. The Hall–Kier alpha value is -1.83. The summed E-state index contributed by atoms with van der Waals surface area (Å²) in [5.41, 5.74) is 5.19. The van der Waals surface area contributed by atoms with E-state index in [0.717, 1.165) is 6.07 Å². The van der Waals surface area contributed by atoms with Crippen LogP contribution in [0.15, 0.2) is 12.1 Å². The van der Waals surface area contributed by atoms with Crippen LogP contribution < -0.4 is 11.1 Å². The van der Waals surface area contributed by atoms with Crippen LogP contribution in [0.1, 0.15) is 28.9 Å². The molecule has 1 amide bonds. The summed E-state index contributed by atoms with van der Waals surface area (Å²) in [7, 11) is 0. The van der Waals surface area contributed by atoms with Gasteiger partial charge in [-0.2, -0.15) is 0 Å². The quantitative estimate of drug-likeness (QED) is 0.492. The van der Waals surface area contributed by atoms with E-state index >= 15 is 0 Å². The molecule has 0 aliphatic carbocycles. The fourth-order valence-electron chi connectivity index (χ4n) is 1.63. The van der Waals surface area contributed by atoms with E-state index in [-0.39, 0.29) is 34.3 Å². The number of carbonyl (C=O) groups is 2. The number of nitrogens with one attached hydrogen (secondary N) is 1. The van der Waals surface area contributed by atoms with E-state index in [1.165, 1.54) is 13.0 Å². The minimum absolute atomic E-state index is 0.00671. The van der Waals surface area contributed by atoms with Crippen LogP contribution in [0.4, 0.5) is 5.69 Å². The van der Waals surface area contributed by atoms with Gasteiger partial charge in [0.1, 0.15) is 12.2 Å². The average molecular weight is 303 g/mol. The zero-order valence-electron chi connectivity index (χ0n) is 10.6. The summed E-state index contributed by atoms with van der Waals surface area (Å²) in [5, 5.41) is 31.1. The molecule has 0 fully saturated rings. The Morgan fingerprint density at radius 2 is 2.00 bits per heavy atom. The van der Waals surface area contributed by atoms with Crippen molar-refractivity contribution in [3.05, 3.63) is 28.3 Å². The molecule has 0 aromatic heterocycles. The number of halogens is 1.